The molecule has 1 amide bonds. The van der Waals surface area contributed by atoms with Crippen LogP contribution in [0.5, 0.6) is 23.0 Å². The molecule has 2 aromatic carbocycles. The van der Waals surface area contributed by atoms with Crippen LogP contribution in [0, 0.1) is 0 Å². The minimum atomic E-state index is -0.359. The molecule has 1 heterocycles. The smallest absolute Gasteiger partial charge is 0.234 e. The average Bonchev–Trinajstić information content (AvgIpc) is 3.19. The Balaban J connectivity index is 2.04. The highest BCUT2D eigenvalue weighted by atomic mass is 127. The molecule has 0 aliphatic rings. The van der Waals surface area contributed by atoms with Crippen molar-refractivity contribution in [2.24, 2.45) is 0 Å². The molecule has 0 spiro atoms. The maximum atomic E-state index is 13.1. The topological polar surface area (TPSA) is 96.2 Å². The summed E-state index contributed by atoms with van der Waals surface area (Å²) < 4.78 is 27.3. The summed E-state index contributed by atoms with van der Waals surface area (Å²) in [5.74, 6) is 1.15. The molecule has 0 saturated carbocycles. The van der Waals surface area contributed by atoms with E-state index in [-0.39, 0.29) is 17.5 Å². The number of ether oxygens (including phenoxy) is 4. The molecule has 3 aromatic rings. The molecule has 0 unspecified atom stereocenters. The molecule has 0 saturated heterocycles. The van der Waals surface area contributed by atoms with E-state index in [1.807, 2.05) is 22.6 Å². The molecule has 0 fully saturated rings. The van der Waals surface area contributed by atoms with Crippen molar-refractivity contribution in [3.05, 3.63) is 41.7 Å². The molecular weight excluding hydrogens is 505 g/mol. The third kappa shape index (κ3) is 4.16. The van der Waals surface area contributed by atoms with E-state index in [1.54, 1.807) is 30.3 Å². The van der Waals surface area contributed by atoms with Gasteiger partial charge in [-0.3, -0.25) is 9.59 Å². The predicted molar refractivity (Wildman–Crippen MR) is 120 cm³/mol. The van der Waals surface area contributed by atoms with Gasteiger partial charge in [0.1, 0.15) is 11.3 Å². The van der Waals surface area contributed by atoms with Crippen molar-refractivity contribution in [3.63, 3.8) is 0 Å². The molecule has 8 nitrogen and oxygen atoms in total. The second-order valence-electron chi connectivity index (χ2n) is 6.13. The van der Waals surface area contributed by atoms with Crippen LogP contribution < -0.4 is 24.3 Å². The fourth-order valence-corrected chi connectivity index (χ4v) is 3.18. The van der Waals surface area contributed by atoms with Crippen molar-refractivity contribution in [1.29, 1.82) is 0 Å². The molecule has 0 aliphatic carbocycles. The van der Waals surface area contributed by atoms with E-state index in [9.17, 15) is 9.59 Å². The van der Waals surface area contributed by atoms with E-state index in [0.717, 1.165) is 0 Å². The van der Waals surface area contributed by atoms with Crippen molar-refractivity contribution in [2.45, 2.75) is 0 Å². The predicted octanol–water partition coefficient (Wildman–Crippen LogP) is 4.07. The number of halogens is 1. The van der Waals surface area contributed by atoms with Crippen molar-refractivity contribution in [2.75, 3.05) is 38.2 Å². The fraction of sp³-hybridized carbons (Fsp3) is 0.238. The first-order chi connectivity index (χ1) is 14.4. The van der Waals surface area contributed by atoms with E-state index in [1.165, 1.54) is 28.4 Å². The number of benzene rings is 2. The number of ketones is 1. The lowest BCUT2D eigenvalue weighted by Gasteiger charge is -2.13. The number of hydrogen-bond acceptors (Lipinski definition) is 7. The average molecular weight is 525 g/mol. The quantitative estimate of drug-likeness (QED) is 0.269. The monoisotopic (exact) mass is 525 g/mol. The highest BCUT2D eigenvalue weighted by molar-refractivity contribution is 14.1. The Morgan fingerprint density at radius 2 is 1.53 bits per heavy atom. The highest BCUT2D eigenvalue weighted by Gasteiger charge is 2.21. The van der Waals surface area contributed by atoms with E-state index in [2.05, 4.69) is 5.32 Å². The summed E-state index contributed by atoms with van der Waals surface area (Å²) >= 11 is 1.97. The van der Waals surface area contributed by atoms with Crippen molar-refractivity contribution in [1.82, 2.24) is 0 Å². The normalized spacial score (nSPS) is 10.6. The Kier molecular flexibility index (Phi) is 6.70. The van der Waals surface area contributed by atoms with Crippen LogP contribution in [-0.2, 0) is 4.79 Å². The van der Waals surface area contributed by atoms with Gasteiger partial charge in [0.15, 0.2) is 17.3 Å². The fourth-order valence-electron chi connectivity index (χ4n) is 2.98. The van der Waals surface area contributed by atoms with Crippen LogP contribution in [0.15, 0.2) is 34.7 Å². The summed E-state index contributed by atoms with van der Waals surface area (Å²) in [6.07, 6.45) is 0. The second kappa shape index (κ2) is 9.24. The van der Waals surface area contributed by atoms with Crippen molar-refractivity contribution in [3.8, 4) is 23.0 Å². The zero-order valence-corrected chi connectivity index (χ0v) is 19.0. The first-order valence-corrected chi connectivity index (χ1v) is 10.3. The zero-order chi connectivity index (χ0) is 21.8. The first kappa shape index (κ1) is 21.8. The Labute approximate surface area is 186 Å². The van der Waals surface area contributed by atoms with E-state index in [4.69, 9.17) is 23.4 Å². The van der Waals surface area contributed by atoms with Gasteiger partial charge in [-0.05, 0) is 24.3 Å². The molecule has 0 bridgehead atoms. The number of carbonyl (C=O) groups excluding carboxylic acids is 2. The number of nitrogens with one attached hydrogen (secondary N) is 1. The van der Waals surface area contributed by atoms with Gasteiger partial charge >= 0.3 is 0 Å². The molecule has 3 rings (SSSR count). The summed E-state index contributed by atoms with van der Waals surface area (Å²) in [5.41, 5.74) is 1.27. The number of fused-ring (bicyclic) bond motifs is 1. The minimum absolute atomic E-state index is 0.124. The van der Waals surface area contributed by atoms with Crippen LogP contribution >= 0.6 is 22.6 Å². The number of alkyl halides is 1. The van der Waals surface area contributed by atoms with E-state index < -0.39 is 0 Å². The summed E-state index contributed by atoms with van der Waals surface area (Å²) in [4.78, 5) is 24.8. The maximum absolute atomic E-state index is 13.1. The van der Waals surface area contributed by atoms with Gasteiger partial charge in [0.05, 0.1) is 38.6 Å². The van der Waals surface area contributed by atoms with Crippen LogP contribution in [0.2, 0.25) is 0 Å². The van der Waals surface area contributed by atoms with Gasteiger partial charge in [0, 0.05) is 17.0 Å². The molecule has 0 atom stereocenters. The number of methoxy groups -OCH3 is 4. The van der Waals surface area contributed by atoms with Gasteiger partial charge in [-0.15, -0.1) is 0 Å². The molecule has 9 heteroatoms. The summed E-state index contributed by atoms with van der Waals surface area (Å²) in [5, 5.41) is 3.42. The SMILES string of the molecule is COc1cc2oc(C(=O)c3cc(OC)c(OC)c(OC)c3)cc2cc1NC(=O)CI. The summed E-state index contributed by atoms with van der Waals surface area (Å²) in [6, 6.07) is 8.06. The van der Waals surface area contributed by atoms with Crippen LogP contribution in [0.1, 0.15) is 16.1 Å². The third-order valence-corrected chi connectivity index (χ3v) is 5.08. The molecule has 1 aromatic heterocycles. The Hall–Kier alpha value is -2.95. The summed E-state index contributed by atoms with van der Waals surface area (Å²) in [6.45, 7) is 0. The maximum Gasteiger partial charge on any atom is 0.234 e. The van der Waals surface area contributed by atoms with Gasteiger partial charge in [0.2, 0.25) is 17.4 Å². The van der Waals surface area contributed by atoms with E-state index in [0.29, 0.717) is 49.6 Å². The Morgan fingerprint density at radius 1 is 0.900 bits per heavy atom. The van der Waals surface area contributed by atoms with Crippen molar-refractivity contribution >= 4 is 50.9 Å². The van der Waals surface area contributed by atoms with Crippen LogP contribution in [0.3, 0.4) is 0 Å². The lowest BCUT2D eigenvalue weighted by atomic mass is 10.1. The van der Waals surface area contributed by atoms with E-state index >= 15 is 0 Å². The first-order valence-electron chi connectivity index (χ1n) is 8.77. The number of carbonyl (C=O) groups is 2. The molecule has 30 heavy (non-hydrogen) atoms. The highest BCUT2D eigenvalue weighted by Crippen LogP contribution is 2.39. The summed E-state index contributed by atoms with van der Waals surface area (Å²) in [7, 11) is 5.93. The van der Waals surface area contributed by atoms with Crippen LogP contribution in [0.25, 0.3) is 11.0 Å². The lowest BCUT2D eigenvalue weighted by molar-refractivity contribution is -0.113. The molecular formula is C21H20INO7. The standard InChI is InChI=1S/C21H20INO7/c1-26-15-9-14-11(5-13(15)23-19(24)10-22)6-16(30-14)20(25)12-7-17(27-2)21(29-4)18(8-12)28-3/h5-9H,10H2,1-4H3,(H,23,24). The number of rotatable bonds is 8. The minimum Gasteiger partial charge on any atom is -0.494 e. The Bertz CT molecular complexity index is 1080. The van der Waals surface area contributed by atoms with Gasteiger partial charge < -0.3 is 28.7 Å². The number of hydrogen-bond donors (Lipinski definition) is 1. The molecule has 0 aliphatic heterocycles. The number of furan rings is 1. The largest absolute Gasteiger partial charge is 0.494 e. The van der Waals surface area contributed by atoms with Gasteiger partial charge in [-0.25, -0.2) is 0 Å². The number of anilines is 1. The van der Waals surface area contributed by atoms with Gasteiger partial charge in [-0.2, -0.15) is 0 Å². The number of amides is 1. The van der Waals surface area contributed by atoms with Crippen LogP contribution in [0.4, 0.5) is 5.69 Å². The molecule has 0 radical (unpaired) electrons. The Morgan fingerprint density at radius 3 is 2.07 bits per heavy atom. The van der Waals surface area contributed by atoms with Crippen LogP contribution in [-0.4, -0.2) is 44.6 Å². The second-order valence-corrected chi connectivity index (χ2v) is 6.89. The van der Waals surface area contributed by atoms with Crippen molar-refractivity contribution < 1.29 is 33.0 Å². The lowest BCUT2D eigenvalue weighted by Crippen LogP contribution is -2.12. The molecule has 158 valence electrons. The third-order valence-electron chi connectivity index (χ3n) is 4.38. The molecule has 1 N–H and O–H groups in total. The zero-order valence-electron chi connectivity index (χ0n) is 16.8. The van der Waals surface area contributed by atoms with Gasteiger partial charge in [0.25, 0.3) is 0 Å². The van der Waals surface area contributed by atoms with Gasteiger partial charge in [-0.1, -0.05) is 22.6 Å².